The van der Waals surface area contributed by atoms with Gasteiger partial charge in [-0.1, -0.05) is 0 Å². The van der Waals surface area contributed by atoms with Crippen LogP contribution in [0.25, 0.3) is 0 Å². The maximum atomic E-state index is 3.27. The first-order valence-electron chi connectivity index (χ1n) is 4.04. The van der Waals surface area contributed by atoms with E-state index in [9.17, 15) is 0 Å². The predicted octanol–water partition coefficient (Wildman–Crippen LogP) is 1.34. The van der Waals surface area contributed by atoms with Crippen LogP contribution in [0.4, 0.5) is 0 Å². The van der Waals surface area contributed by atoms with Gasteiger partial charge in [0.25, 0.3) is 0 Å². The summed E-state index contributed by atoms with van der Waals surface area (Å²) in [6, 6.07) is 0. The Morgan fingerprint density at radius 3 is 1.75 bits per heavy atom. The van der Waals surface area contributed by atoms with E-state index >= 15 is 0 Å². The molecule has 2 nitrogen and oxygen atoms in total. The number of thioether (sulfide) groups is 2. The van der Waals surface area contributed by atoms with Gasteiger partial charge >= 0.3 is 0 Å². The topological polar surface area (TPSA) is 24.1 Å². The van der Waals surface area contributed by atoms with Crippen molar-refractivity contribution in [2.24, 2.45) is 0 Å². The van der Waals surface area contributed by atoms with E-state index in [0.717, 1.165) is 13.1 Å². The lowest BCUT2D eigenvalue weighted by molar-refractivity contribution is 0.691. The molecule has 2 unspecified atom stereocenters. The van der Waals surface area contributed by atoms with Crippen molar-refractivity contribution in [1.29, 1.82) is 0 Å². The molecule has 2 rings (SSSR count). The molecule has 4 heteroatoms. The molecule has 0 fully saturated rings. The average Bonchev–Trinajstić information content (AvgIpc) is 2.21. The molecule has 12 heavy (non-hydrogen) atoms. The largest absolute Gasteiger partial charge is 0.389 e. The molecule has 0 amide bonds. The Bertz CT molecular complexity index is 181. The maximum absolute atomic E-state index is 3.27. The number of rotatable bonds is 1. The van der Waals surface area contributed by atoms with Gasteiger partial charge in [0.15, 0.2) is 0 Å². The van der Waals surface area contributed by atoms with Gasteiger partial charge in [-0.3, -0.25) is 0 Å². The fraction of sp³-hybridized carbons (Fsp3) is 0.500. The number of hydrogen-bond acceptors (Lipinski definition) is 4. The van der Waals surface area contributed by atoms with Gasteiger partial charge in [0.05, 0.1) is 0 Å². The molecule has 0 bridgehead atoms. The van der Waals surface area contributed by atoms with Crippen LogP contribution in [0.1, 0.15) is 0 Å². The molecule has 66 valence electrons. The minimum atomic E-state index is 0.706. The van der Waals surface area contributed by atoms with Gasteiger partial charge in [0.2, 0.25) is 0 Å². The van der Waals surface area contributed by atoms with Crippen LogP contribution in [-0.4, -0.2) is 23.6 Å². The van der Waals surface area contributed by atoms with E-state index in [1.54, 1.807) is 0 Å². The predicted molar refractivity (Wildman–Crippen MR) is 57.0 cm³/mol. The highest BCUT2D eigenvalue weighted by Crippen LogP contribution is 2.28. The van der Waals surface area contributed by atoms with Gasteiger partial charge in [0.1, 0.15) is 0 Å². The van der Waals surface area contributed by atoms with Crippen molar-refractivity contribution in [2.45, 2.75) is 10.5 Å². The van der Waals surface area contributed by atoms with Crippen LogP contribution >= 0.6 is 23.5 Å². The van der Waals surface area contributed by atoms with Crippen molar-refractivity contribution in [3.63, 3.8) is 0 Å². The summed E-state index contributed by atoms with van der Waals surface area (Å²) in [5.74, 6) is 0. The minimum absolute atomic E-state index is 0.706. The van der Waals surface area contributed by atoms with Crippen molar-refractivity contribution in [3.05, 3.63) is 23.2 Å². The zero-order valence-corrected chi connectivity index (χ0v) is 8.33. The van der Waals surface area contributed by atoms with Crippen molar-refractivity contribution < 1.29 is 0 Å². The molecule has 2 heterocycles. The second-order valence-electron chi connectivity index (χ2n) is 2.77. The monoisotopic (exact) mass is 200 g/mol. The molecule has 0 radical (unpaired) electrons. The fourth-order valence-electron chi connectivity index (χ4n) is 1.28. The Labute approximate surface area is 81.2 Å². The third kappa shape index (κ3) is 1.93. The maximum Gasteiger partial charge on any atom is 0.0401 e. The van der Waals surface area contributed by atoms with Crippen LogP contribution in [0, 0.1) is 0 Å². The highest BCUT2D eigenvalue weighted by molar-refractivity contribution is 8.06. The number of nitrogens with one attached hydrogen (secondary N) is 2. The third-order valence-electron chi connectivity index (χ3n) is 1.93. The van der Waals surface area contributed by atoms with E-state index < -0.39 is 0 Å². The molecule has 2 aliphatic rings. The molecule has 0 saturated heterocycles. The number of hydrogen-bond donors (Lipinski definition) is 2. The van der Waals surface area contributed by atoms with E-state index in [1.165, 1.54) is 0 Å². The summed E-state index contributed by atoms with van der Waals surface area (Å²) in [4.78, 5) is 0. The molecular formula is C8H12N2S2. The van der Waals surface area contributed by atoms with E-state index in [1.807, 2.05) is 35.9 Å². The van der Waals surface area contributed by atoms with Crippen LogP contribution in [0.3, 0.4) is 0 Å². The lowest BCUT2D eigenvalue weighted by atomic mass is 10.3. The van der Waals surface area contributed by atoms with E-state index in [2.05, 4.69) is 21.4 Å². The van der Waals surface area contributed by atoms with Gasteiger partial charge in [0, 0.05) is 36.0 Å². The Kier molecular flexibility index (Phi) is 2.89. The Hall–Kier alpha value is -0.220. The lowest BCUT2D eigenvalue weighted by Crippen LogP contribution is -2.38. The Morgan fingerprint density at radius 2 is 1.42 bits per heavy atom. The quantitative estimate of drug-likeness (QED) is 0.667. The van der Waals surface area contributed by atoms with Gasteiger partial charge < -0.3 is 10.6 Å². The van der Waals surface area contributed by atoms with Crippen LogP contribution in [0.5, 0.6) is 0 Å². The van der Waals surface area contributed by atoms with Crippen molar-refractivity contribution in [3.8, 4) is 0 Å². The first-order chi connectivity index (χ1) is 5.97. The smallest absolute Gasteiger partial charge is 0.0401 e. The van der Waals surface area contributed by atoms with Crippen LogP contribution < -0.4 is 10.6 Å². The molecule has 2 aliphatic heterocycles. The second-order valence-corrected chi connectivity index (χ2v) is 5.07. The Balaban J connectivity index is 1.90. The summed E-state index contributed by atoms with van der Waals surface area (Å²) in [7, 11) is 0. The average molecular weight is 200 g/mol. The van der Waals surface area contributed by atoms with Crippen LogP contribution in [-0.2, 0) is 0 Å². The second kappa shape index (κ2) is 4.14. The molecule has 2 atom stereocenters. The molecule has 2 N–H and O–H groups in total. The summed E-state index contributed by atoms with van der Waals surface area (Å²) in [5.41, 5.74) is 0. The molecule has 0 aromatic rings. The van der Waals surface area contributed by atoms with Gasteiger partial charge in [-0.15, -0.1) is 23.5 Å². The fourth-order valence-corrected chi connectivity index (χ4v) is 3.35. The summed E-state index contributed by atoms with van der Waals surface area (Å²) < 4.78 is 0. The normalized spacial score (nSPS) is 34.0. The van der Waals surface area contributed by atoms with E-state index in [0.29, 0.717) is 10.5 Å². The third-order valence-corrected chi connectivity index (χ3v) is 4.38. The first kappa shape index (κ1) is 8.38. The van der Waals surface area contributed by atoms with Gasteiger partial charge in [-0.05, 0) is 10.8 Å². The van der Waals surface area contributed by atoms with Crippen molar-refractivity contribution in [2.75, 3.05) is 13.1 Å². The summed E-state index contributed by atoms with van der Waals surface area (Å²) in [5, 5.41) is 12.2. The highest BCUT2D eigenvalue weighted by Gasteiger charge is 2.22. The zero-order chi connectivity index (χ0) is 8.23. The lowest BCUT2D eigenvalue weighted by Gasteiger charge is -2.28. The molecule has 0 spiro atoms. The minimum Gasteiger partial charge on any atom is -0.389 e. The molecule has 0 aromatic carbocycles. The SMILES string of the molecule is C1=CSC(C2CNC=CS2)CN1. The first-order valence-corrected chi connectivity index (χ1v) is 5.93. The molecule has 0 saturated carbocycles. The van der Waals surface area contributed by atoms with Crippen molar-refractivity contribution in [1.82, 2.24) is 10.6 Å². The van der Waals surface area contributed by atoms with Crippen LogP contribution in [0.2, 0.25) is 0 Å². The standard InChI is InChI=1S/C8H12N2S2/c1-3-11-7(5-9-1)8-6-10-2-4-12-8/h1-4,7-10H,5-6H2. The van der Waals surface area contributed by atoms with Crippen molar-refractivity contribution >= 4 is 23.5 Å². The molecule has 0 aliphatic carbocycles. The highest BCUT2D eigenvalue weighted by atomic mass is 32.2. The zero-order valence-electron chi connectivity index (χ0n) is 6.69. The van der Waals surface area contributed by atoms with E-state index in [4.69, 9.17) is 0 Å². The Morgan fingerprint density at radius 1 is 0.917 bits per heavy atom. The molecular weight excluding hydrogens is 188 g/mol. The summed E-state index contributed by atoms with van der Waals surface area (Å²) in [6.45, 7) is 2.18. The van der Waals surface area contributed by atoms with Gasteiger partial charge in [-0.2, -0.15) is 0 Å². The molecule has 0 aromatic heterocycles. The van der Waals surface area contributed by atoms with Gasteiger partial charge in [-0.25, -0.2) is 0 Å². The summed E-state index contributed by atoms with van der Waals surface area (Å²) in [6.07, 6.45) is 4.05. The van der Waals surface area contributed by atoms with E-state index in [-0.39, 0.29) is 0 Å². The summed E-state index contributed by atoms with van der Waals surface area (Å²) >= 11 is 3.86. The van der Waals surface area contributed by atoms with Crippen LogP contribution in [0.15, 0.2) is 23.2 Å².